The molecule has 2 heterocycles. The molecule has 0 aromatic heterocycles. The molecule has 0 saturated heterocycles. The fourth-order valence-electron chi connectivity index (χ4n) is 9.13. The Labute approximate surface area is 406 Å². The molecule has 2 aliphatic heterocycles. The number of hydrogen-bond acceptors (Lipinski definition) is 14. The predicted octanol–water partition coefficient (Wildman–Crippen LogP) is 6.91. The number of aliphatic hydroxyl groups is 2. The predicted molar refractivity (Wildman–Crippen MR) is 261 cm³/mol. The maximum absolute atomic E-state index is 13.7. The summed E-state index contributed by atoms with van der Waals surface area (Å²) in [6.07, 6.45) is 14.6. The molecule has 2 bridgehead atoms. The van der Waals surface area contributed by atoms with E-state index in [1.807, 2.05) is 78.8 Å². The van der Waals surface area contributed by atoms with Gasteiger partial charge in [0.1, 0.15) is 24.1 Å². The lowest BCUT2D eigenvalue weighted by molar-refractivity contribution is -0.160. The molecule has 0 aromatic carbocycles. The zero-order valence-electron chi connectivity index (χ0n) is 43.3. The molecule has 0 radical (unpaired) electrons. The summed E-state index contributed by atoms with van der Waals surface area (Å²) in [4.78, 5) is 52.4. The van der Waals surface area contributed by atoms with Crippen LogP contribution in [0.4, 0.5) is 0 Å². The van der Waals surface area contributed by atoms with Gasteiger partial charge in [0, 0.05) is 117 Å². The number of fused-ring (bicyclic) bond motifs is 2. The topological polar surface area (TPSA) is 186 Å². The Morgan fingerprint density at radius 3 is 2.09 bits per heavy atom. The second-order valence-corrected chi connectivity index (χ2v) is 18.8. The number of esters is 2. The SMILES string of the molecule is COC1/C=C/C(C)C(C(C)C(OC)C(C)CCC(=O)C(C)C(C/C=C/N(C)C=O)OC)OC(=O)/C=C/C=C(\C)CC(OC)CC2=CC(=O)O[C@@H](C(C)C(OC)CC(OC)/C=C/C(C)C(O)C1)[C@H]2O. The van der Waals surface area contributed by atoms with Gasteiger partial charge in [0.05, 0.1) is 42.7 Å². The van der Waals surface area contributed by atoms with Crippen molar-refractivity contribution >= 4 is 24.1 Å². The molecule has 2 aliphatic rings. The summed E-state index contributed by atoms with van der Waals surface area (Å²) in [6.45, 7) is 13.5. The number of cyclic esters (lactones) is 1. The van der Waals surface area contributed by atoms with Gasteiger partial charge in [-0.3, -0.25) is 9.59 Å². The first kappa shape index (κ1) is 60.3. The van der Waals surface area contributed by atoms with Crippen LogP contribution in [0.5, 0.6) is 0 Å². The monoisotopic (exact) mass is 960 g/mol. The van der Waals surface area contributed by atoms with Crippen molar-refractivity contribution in [2.75, 3.05) is 49.7 Å². The number of nitrogens with zero attached hydrogens (tertiary/aromatic N) is 1. The minimum atomic E-state index is -1.10. The van der Waals surface area contributed by atoms with Crippen molar-refractivity contribution < 1.29 is 67.3 Å². The summed E-state index contributed by atoms with van der Waals surface area (Å²) in [6, 6.07) is 0. The number of hydrogen-bond donors (Lipinski definition) is 2. The molecule has 2 rings (SSSR count). The van der Waals surface area contributed by atoms with Crippen LogP contribution in [-0.2, 0) is 57.1 Å². The highest BCUT2D eigenvalue weighted by Gasteiger charge is 2.40. The maximum Gasteiger partial charge on any atom is 0.331 e. The molecule has 0 saturated carbocycles. The van der Waals surface area contributed by atoms with Crippen molar-refractivity contribution in [1.29, 1.82) is 0 Å². The first-order chi connectivity index (χ1) is 32.3. The summed E-state index contributed by atoms with van der Waals surface area (Å²) in [5.41, 5.74) is 1.38. The van der Waals surface area contributed by atoms with Crippen molar-refractivity contribution in [2.45, 2.75) is 154 Å². The van der Waals surface area contributed by atoms with Crippen molar-refractivity contribution in [1.82, 2.24) is 4.90 Å². The minimum Gasteiger partial charge on any atom is -0.458 e. The number of ether oxygens (including phenoxy) is 8. The van der Waals surface area contributed by atoms with E-state index >= 15 is 0 Å². The largest absolute Gasteiger partial charge is 0.458 e. The molecule has 0 fully saturated rings. The van der Waals surface area contributed by atoms with Crippen molar-refractivity contribution in [2.24, 2.45) is 35.5 Å². The van der Waals surface area contributed by atoms with Gasteiger partial charge in [0.15, 0.2) is 0 Å². The molecule has 2 N–H and O–H groups in total. The third kappa shape index (κ3) is 19.5. The molecule has 16 atom stereocenters. The standard InChI is InChI=1S/C53H85NO14/c1-33-17-15-19-48(58)67-52(39(7)51(66-14)35(3)22-25-44(56)37(5)46(64-12)18-16-26-54(8)32-55)36(4)21-24-41(61-9)30-45(57)34(2)20-23-42(62-10)31-47(65-13)38(6)53-50(60)40(29-49(59)68-53)28-43(27-33)63-11/h15-17,19-21,23-24,26,29,32,34-39,41-43,45-47,50-53,57,60H,18,22,25,27-28,30-31H2,1-14H3/b19-15+,23-20+,24-21+,26-16+,33-17+/t34?,35?,36?,37?,38?,39?,41?,42?,43?,45?,46?,47?,50-,51?,52?,53-/m0/s1. The fraction of sp³-hybridized carbons (Fsp3) is 0.698. The lowest BCUT2D eigenvalue weighted by atomic mass is 9.81. The Balaban J connectivity index is 2.49. The average molecular weight is 960 g/mol. The first-order valence-electron chi connectivity index (χ1n) is 24.0. The van der Waals surface area contributed by atoms with Gasteiger partial charge >= 0.3 is 11.9 Å². The number of amides is 1. The Bertz CT molecular complexity index is 1720. The van der Waals surface area contributed by atoms with Gasteiger partial charge in [-0.05, 0) is 44.1 Å². The number of carbonyl (C=O) groups excluding carboxylic acids is 4. The summed E-state index contributed by atoms with van der Waals surface area (Å²) in [5.74, 6) is -2.91. The highest BCUT2D eigenvalue weighted by atomic mass is 16.6. The molecule has 15 nitrogen and oxygen atoms in total. The second kappa shape index (κ2) is 31.4. The zero-order valence-corrected chi connectivity index (χ0v) is 43.3. The van der Waals surface area contributed by atoms with E-state index in [1.165, 1.54) is 17.1 Å². The first-order valence-corrected chi connectivity index (χ1v) is 24.0. The number of methoxy groups -OCH3 is 6. The summed E-state index contributed by atoms with van der Waals surface area (Å²) < 4.78 is 47.1. The lowest BCUT2D eigenvalue weighted by Gasteiger charge is -2.37. The van der Waals surface area contributed by atoms with E-state index in [0.717, 1.165) is 5.57 Å². The van der Waals surface area contributed by atoms with Gasteiger partial charge < -0.3 is 53.0 Å². The van der Waals surface area contributed by atoms with Crippen LogP contribution in [0, 0.1) is 35.5 Å². The Morgan fingerprint density at radius 2 is 1.50 bits per heavy atom. The van der Waals surface area contributed by atoms with E-state index < -0.39 is 72.8 Å². The molecule has 0 aliphatic carbocycles. The molecule has 68 heavy (non-hydrogen) atoms. The normalized spacial score (nSPS) is 33.0. The Kier molecular flexibility index (Phi) is 27.9. The van der Waals surface area contributed by atoms with E-state index in [2.05, 4.69) is 0 Å². The molecule has 0 aromatic rings. The molecule has 386 valence electrons. The van der Waals surface area contributed by atoms with E-state index in [9.17, 15) is 29.4 Å². The summed E-state index contributed by atoms with van der Waals surface area (Å²) >= 11 is 0. The smallest absolute Gasteiger partial charge is 0.331 e. The van der Waals surface area contributed by atoms with E-state index in [4.69, 9.17) is 37.9 Å². The van der Waals surface area contributed by atoms with Gasteiger partial charge in [0.2, 0.25) is 6.41 Å². The third-order valence-electron chi connectivity index (χ3n) is 13.8. The van der Waals surface area contributed by atoms with Crippen LogP contribution in [0.2, 0.25) is 0 Å². The second-order valence-electron chi connectivity index (χ2n) is 18.8. The van der Waals surface area contributed by atoms with Gasteiger partial charge in [-0.25, -0.2) is 9.59 Å². The molecule has 15 heteroatoms. The van der Waals surface area contributed by atoms with E-state index in [0.29, 0.717) is 44.1 Å². The van der Waals surface area contributed by atoms with Gasteiger partial charge in [-0.1, -0.05) is 89.6 Å². The van der Waals surface area contributed by atoms with Crippen LogP contribution in [-0.4, -0.2) is 150 Å². The van der Waals surface area contributed by atoms with Crippen molar-refractivity contribution in [3.8, 4) is 0 Å². The molecule has 14 unspecified atom stereocenters. The highest BCUT2D eigenvalue weighted by Crippen LogP contribution is 2.33. The number of Topliss-reactive ketones (excluding diaryl/α,β-unsaturated/α-hetero) is 1. The van der Waals surface area contributed by atoms with Gasteiger partial charge in [-0.2, -0.15) is 0 Å². The molecule has 1 amide bonds. The number of ketones is 1. The zero-order chi connectivity index (χ0) is 51.1. The molecular weight excluding hydrogens is 875 g/mol. The number of allylic oxidation sites excluding steroid dienone is 2. The highest BCUT2D eigenvalue weighted by molar-refractivity contribution is 5.84. The molecule has 0 spiro atoms. The summed E-state index contributed by atoms with van der Waals surface area (Å²) in [5, 5.41) is 23.0. The maximum atomic E-state index is 13.7. The molecular formula is C53H85NO14. The van der Waals surface area contributed by atoms with Crippen LogP contribution in [0.25, 0.3) is 0 Å². The minimum absolute atomic E-state index is 0.0505. The lowest BCUT2D eigenvalue weighted by Crippen LogP contribution is -2.46. The number of rotatable bonds is 18. The Hall–Kier alpha value is -3.80. The fourth-order valence-corrected chi connectivity index (χ4v) is 9.13. The van der Waals surface area contributed by atoms with E-state index in [-0.39, 0.29) is 54.3 Å². The Morgan fingerprint density at radius 1 is 0.853 bits per heavy atom. The van der Waals surface area contributed by atoms with Crippen LogP contribution in [0.3, 0.4) is 0 Å². The van der Waals surface area contributed by atoms with E-state index in [1.54, 1.807) is 68.1 Å². The van der Waals surface area contributed by atoms with Crippen LogP contribution >= 0.6 is 0 Å². The number of carbonyl (C=O) groups is 4. The quantitative estimate of drug-likeness (QED) is 0.0821. The summed E-state index contributed by atoms with van der Waals surface area (Å²) in [7, 11) is 11.1. The van der Waals surface area contributed by atoms with Crippen LogP contribution in [0.15, 0.2) is 72.0 Å². The van der Waals surface area contributed by atoms with Crippen LogP contribution < -0.4 is 0 Å². The van der Waals surface area contributed by atoms with Crippen molar-refractivity contribution in [3.63, 3.8) is 0 Å². The van der Waals surface area contributed by atoms with Gasteiger partial charge in [0.25, 0.3) is 0 Å². The number of aliphatic hydroxyl groups excluding tert-OH is 2. The van der Waals surface area contributed by atoms with Gasteiger partial charge in [-0.15, -0.1) is 0 Å². The van der Waals surface area contributed by atoms with Crippen LogP contribution in [0.1, 0.15) is 93.4 Å². The average Bonchev–Trinajstić information content (AvgIpc) is 3.32. The van der Waals surface area contributed by atoms with Crippen molar-refractivity contribution in [3.05, 3.63) is 72.0 Å². The third-order valence-corrected chi connectivity index (χ3v) is 13.8.